The highest BCUT2D eigenvalue weighted by Crippen LogP contribution is 2.46. The second kappa shape index (κ2) is 11.2. The molecular weight excluding hydrogens is 609 g/mol. The summed E-state index contributed by atoms with van der Waals surface area (Å²) in [4.78, 5) is 0. The number of phenols is 1. The van der Waals surface area contributed by atoms with Crippen molar-refractivity contribution in [1.82, 2.24) is 0 Å². The van der Waals surface area contributed by atoms with Crippen molar-refractivity contribution < 1.29 is 9.52 Å². The maximum atomic E-state index is 10.5. The average Bonchev–Trinajstić information content (AvgIpc) is 3.56. The zero-order chi connectivity index (χ0) is 33.2. The minimum Gasteiger partial charge on any atom is -0.507 e. The minimum absolute atomic E-state index is 0.258. The van der Waals surface area contributed by atoms with Crippen LogP contribution in [0.25, 0.3) is 98.8 Å². The first-order valence-corrected chi connectivity index (χ1v) is 17.0. The number of fused-ring (bicyclic) bond motifs is 7. The first kappa shape index (κ1) is 28.4. The summed E-state index contributed by atoms with van der Waals surface area (Å²) in [5.74, 6) is 0.258. The monoisotopic (exact) mass is 638 g/mol. The maximum absolute atomic E-state index is 10.5. The Morgan fingerprint density at radius 1 is 0.300 bits per heavy atom. The molecule has 0 saturated heterocycles. The number of benzene rings is 9. The lowest BCUT2D eigenvalue weighted by atomic mass is 9.84. The molecule has 1 heterocycles. The highest BCUT2D eigenvalue weighted by Gasteiger charge is 2.19. The third kappa shape index (κ3) is 4.43. The van der Waals surface area contributed by atoms with E-state index in [1.54, 1.807) is 6.07 Å². The molecule has 2 nitrogen and oxygen atoms in total. The zero-order valence-corrected chi connectivity index (χ0v) is 27.1. The Bertz CT molecular complexity index is 2800. The van der Waals surface area contributed by atoms with Gasteiger partial charge in [-0.15, -0.1) is 0 Å². The van der Waals surface area contributed by atoms with Crippen LogP contribution in [0.15, 0.2) is 180 Å². The summed E-state index contributed by atoms with van der Waals surface area (Å²) >= 11 is 0. The number of phenolic OH excluding ortho intramolecular Hbond substituents is 1. The molecule has 9 aromatic carbocycles. The van der Waals surface area contributed by atoms with Crippen LogP contribution < -0.4 is 0 Å². The summed E-state index contributed by atoms with van der Waals surface area (Å²) in [6.07, 6.45) is 0. The Kier molecular flexibility index (Phi) is 6.37. The van der Waals surface area contributed by atoms with Gasteiger partial charge in [-0.1, -0.05) is 127 Å². The predicted molar refractivity (Wildman–Crippen MR) is 210 cm³/mol. The van der Waals surface area contributed by atoms with Crippen LogP contribution in [0.5, 0.6) is 5.75 Å². The van der Waals surface area contributed by atoms with Gasteiger partial charge in [-0.3, -0.25) is 0 Å². The molecule has 50 heavy (non-hydrogen) atoms. The molecule has 0 radical (unpaired) electrons. The van der Waals surface area contributed by atoms with Crippen LogP contribution in [0.3, 0.4) is 0 Å². The Morgan fingerprint density at radius 3 is 1.38 bits per heavy atom. The lowest BCUT2D eigenvalue weighted by Gasteiger charge is -2.19. The van der Waals surface area contributed by atoms with Crippen molar-refractivity contribution in [3.63, 3.8) is 0 Å². The van der Waals surface area contributed by atoms with Gasteiger partial charge < -0.3 is 9.52 Å². The normalized spacial score (nSPS) is 11.7. The largest absolute Gasteiger partial charge is 0.507 e. The molecule has 0 bridgehead atoms. The molecule has 10 aromatic rings. The van der Waals surface area contributed by atoms with Crippen LogP contribution in [0.1, 0.15) is 0 Å². The molecule has 0 aliphatic heterocycles. The van der Waals surface area contributed by atoms with E-state index in [0.717, 1.165) is 38.3 Å². The van der Waals surface area contributed by atoms with E-state index < -0.39 is 0 Å². The number of aromatic hydroxyl groups is 1. The van der Waals surface area contributed by atoms with Crippen LogP contribution >= 0.6 is 0 Å². The lowest BCUT2D eigenvalue weighted by Crippen LogP contribution is -1.92. The summed E-state index contributed by atoms with van der Waals surface area (Å²) < 4.78 is 6.45. The molecule has 0 saturated carbocycles. The van der Waals surface area contributed by atoms with Gasteiger partial charge in [-0.2, -0.15) is 0 Å². The van der Waals surface area contributed by atoms with Gasteiger partial charge in [-0.25, -0.2) is 0 Å². The predicted octanol–water partition coefficient (Wildman–Crippen LogP) is 13.4. The second-order valence-electron chi connectivity index (χ2n) is 13.0. The SMILES string of the molecule is Oc1cccc2c1ccc1c3cc(-c4c5ccccc5c(-c5cc(-c6ccccc6)cc(-c6ccccc6)c5)c5ccccc45)ccc3oc21. The van der Waals surface area contributed by atoms with Crippen molar-refractivity contribution >= 4 is 54.3 Å². The van der Waals surface area contributed by atoms with Gasteiger partial charge in [0.15, 0.2) is 0 Å². The first-order valence-electron chi connectivity index (χ1n) is 17.0. The molecule has 0 aliphatic carbocycles. The fraction of sp³-hybridized carbons (Fsp3) is 0. The molecule has 1 aromatic heterocycles. The molecule has 2 heteroatoms. The summed E-state index contributed by atoms with van der Waals surface area (Å²) in [6.45, 7) is 0. The van der Waals surface area contributed by atoms with Crippen LogP contribution in [0.2, 0.25) is 0 Å². The molecular formula is C48H30O2. The highest BCUT2D eigenvalue weighted by atomic mass is 16.3. The third-order valence-electron chi connectivity index (χ3n) is 10.1. The van der Waals surface area contributed by atoms with Crippen molar-refractivity contribution in [2.24, 2.45) is 0 Å². The van der Waals surface area contributed by atoms with Gasteiger partial charge in [-0.05, 0) is 115 Å². The third-order valence-corrected chi connectivity index (χ3v) is 10.1. The standard InChI is InChI=1S/C48H30O2/c49-44-21-11-20-41-36(44)23-24-42-43-29-32(22-25-45(43)50-48(41)42)46-37-16-7-9-18-39(37)47(40-19-10-8-17-38(40)46)35-27-33(30-12-3-1-4-13-30)26-34(28-35)31-14-5-2-6-15-31/h1-29,49H. The van der Waals surface area contributed by atoms with Gasteiger partial charge in [0.25, 0.3) is 0 Å². The van der Waals surface area contributed by atoms with Gasteiger partial charge in [0.05, 0.1) is 0 Å². The van der Waals surface area contributed by atoms with Crippen LogP contribution in [0.4, 0.5) is 0 Å². The van der Waals surface area contributed by atoms with Crippen molar-refractivity contribution in [2.75, 3.05) is 0 Å². The average molecular weight is 639 g/mol. The first-order chi connectivity index (χ1) is 24.7. The molecule has 0 atom stereocenters. The van der Waals surface area contributed by atoms with E-state index in [-0.39, 0.29) is 5.75 Å². The van der Waals surface area contributed by atoms with Crippen molar-refractivity contribution in [1.29, 1.82) is 0 Å². The fourth-order valence-corrected chi connectivity index (χ4v) is 7.85. The van der Waals surface area contributed by atoms with E-state index in [2.05, 4.69) is 152 Å². The minimum atomic E-state index is 0.258. The Hall–Kier alpha value is -6.64. The molecule has 0 spiro atoms. The topological polar surface area (TPSA) is 33.4 Å². The molecule has 1 N–H and O–H groups in total. The van der Waals surface area contributed by atoms with Crippen LogP contribution in [0, 0.1) is 0 Å². The van der Waals surface area contributed by atoms with E-state index in [1.807, 2.05) is 18.2 Å². The molecule has 0 aliphatic rings. The van der Waals surface area contributed by atoms with Gasteiger partial charge in [0.2, 0.25) is 0 Å². The zero-order valence-electron chi connectivity index (χ0n) is 27.1. The van der Waals surface area contributed by atoms with Crippen molar-refractivity contribution in [2.45, 2.75) is 0 Å². The van der Waals surface area contributed by atoms with E-state index >= 15 is 0 Å². The van der Waals surface area contributed by atoms with Gasteiger partial charge >= 0.3 is 0 Å². The summed E-state index contributed by atoms with van der Waals surface area (Å²) in [5.41, 5.74) is 11.2. The van der Waals surface area contributed by atoms with Crippen molar-refractivity contribution in [3.05, 3.63) is 176 Å². The molecule has 234 valence electrons. The molecule has 0 amide bonds. The summed E-state index contributed by atoms with van der Waals surface area (Å²) in [6, 6.07) is 62.2. The smallest absolute Gasteiger partial charge is 0.143 e. The Balaban J connectivity index is 1.25. The highest BCUT2D eigenvalue weighted by molar-refractivity contribution is 6.23. The quantitative estimate of drug-likeness (QED) is 0.195. The van der Waals surface area contributed by atoms with E-state index in [4.69, 9.17) is 4.42 Å². The molecule has 0 fully saturated rings. The van der Waals surface area contributed by atoms with Gasteiger partial charge in [0, 0.05) is 21.5 Å². The number of hydrogen-bond donors (Lipinski definition) is 1. The van der Waals surface area contributed by atoms with E-state index in [0.29, 0.717) is 0 Å². The van der Waals surface area contributed by atoms with Crippen LogP contribution in [-0.4, -0.2) is 5.11 Å². The summed E-state index contributed by atoms with van der Waals surface area (Å²) in [7, 11) is 0. The summed E-state index contributed by atoms with van der Waals surface area (Å²) in [5, 5.41) is 19.1. The molecule has 10 rings (SSSR count). The number of furan rings is 1. The van der Waals surface area contributed by atoms with Crippen molar-refractivity contribution in [3.8, 4) is 50.3 Å². The number of hydrogen-bond acceptors (Lipinski definition) is 2. The van der Waals surface area contributed by atoms with Crippen LogP contribution in [-0.2, 0) is 0 Å². The van der Waals surface area contributed by atoms with Gasteiger partial charge in [0.1, 0.15) is 16.9 Å². The molecule has 0 unspecified atom stereocenters. The lowest BCUT2D eigenvalue weighted by molar-refractivity contribution is 0.481. The fourth-order valence-electron chi connectivity index (χ4n) is 7.85. The Labute approximate surface area is 289 Å². The second-order valence-corrected chi connectivity index (χ2v) is 13.0. The number of rotatable bonds is 4. The Morgan fingerprint density at radius 2 is 0.780 bits per heavy atom. The van der Waals surface area contributed by atoms with E-state index in [9.17, 15) is 5.11 Å². The van der Waals surface area contributed by atoms with E-state index in [1.165, 1.54) is 60.5 Å². The maximum Gasteiger partial charge on any atom is 0.143 e.